The number of carbonyl (C=O) groups excluding carboxylic acids is 1. The Balaban J connectivity index is 2.24. The number of hydrogen-bond acceptors (Lipinski definition) is 3. The van der Waals surface area contributed by atoms with E-state index < -0.39 is 17.3 Å². The maximum Gasteiger partial charge on any atom is 0.416 e. The number of nitrogens with two attached hydrogens (primary N) is 1. The number of benzene rings is 1. The third-order valence-corrected chi connectivity index (χ3v) is 4.68. The number of hydrogen-bond donors (Lipinski definition) is 2. The van der Waals surface area contributed by atoms with E-state index in [9.17, 15) is 18.0 Å². The first kappa shape index (κ1) is 20.0. The van der Waals surface area contributed by atoms with Gasteiger partial charge in [-0.1, -0.05) is 19.9 Å². The summed E-state index contributed by atoms with van der Waals surface area (Å²) >= 11 is 0. The maximum absolute atomic E-state index is 12.9. The van der Waals surface area contributed by atoms with Gasteiger partial charge in [-0.05, 0) is 38.0 Å². The summed E-state index contributed by atoms with van der Waals surface area (Å²) in [6, 6.07) is 4.81. The lowest BCUT2D eigenvalue weighted by molar-refractivity contribution is -0.137. The highest BCUT2D eigenvalue weighted by Crippen LogP contribution is 2.30. The Labute approximate surface area is 150 Å². The Kier molecular flexibility index (Phi) is 5.75. The molecule has 1 aromatic heterocycles. The van der Waals surface area contributed by atoms with Crippen LogP contribution in [0.5, 0.6) is 0 Å². The molecule has 0 saturated carbocycles. The van der Waals surface area contributed by atoms with Crippen LogP contribution >= 0.6 is 0 Å². The predicted molar refractivity (Wildman–Crippen MR) is 93.1 cm³/mol. The van der Waals surface area contributed by atoms with E-state index in [0.29, 0.717) is 30.6 Å². The van der Waals surface area contributed by atoms with Crippen molar-refractivity contribution in [1.82, 2.24) is 15.1 Å². The van der Waals surface area contributed by atoms with Gasteiger partial charge in [-0.15, -0.1) is 0 Å². The first-order valence-corrected chi connectivity index (χ1v) is 8.40. The Morgan fingerprint density at radius 2 is 1.92 bits per heavy atom. The molecule has 2 aromatic rings. The quantitative estimate of drug-likeness (QED) is 0.820. The van der Waals surface area contributed by atoms with Crippen molar-refractivity contribution in [1.29, 1.82) is 0 Å². The summed E-state index contributed by atoms with van der Waals surface area (Å²) in [6.45, 7) is 5.85. The molecule has 0 atom stereocenters. The van der Waals surface area contributed by atoms with Gasteiger partial charge in [0.2, 0.25) is 0 Å². The van der Waals surface area contributed by atoms with Gasteiger partial charge in [0, 0.05) is 12.1 Å². The zero-order valence-corrected chi connectivity index (χ0v) is 15.0. The average Bonchev–Trinajstić information content (AvgIpc) is 3.00. The van der Waals surface area contributed by atoms with Crippen molar-refractivity contribution >= 4 is 5.91 Å². The minimum atomic E-state index is -4.44. The third-order valence-electron chi connectivity index (χ3n) is 4.68. The van der Waals surface area contributed by atoms with E-state index in [1.807, 2.05) is 13.8 Å². The summed E-state index contributed by atoms with van der Waals surface area (Å²) in [5, 5.41) is 6.86. The van der Waals surface area contributed by atoms with E-state index in [1.165, 1.54) is 23.0 Å². The highest BCUT2D eigenvalue weighted by atomic mass is 19.4. The van der Waals surface area contributed by atoms with E-state index in [2.05, 4.69) is 10.4 Å². The molecule has 1 aromatic carbocycles. The van der Waals surface area contributed by atoms with Gasteiger partial charge < -0.3 is 11.1 Å². The smallest absolute Gasteiger partial charge is 0.350 e. The minimum absolute atomic E-state index is 0.242. The van der Waals surface area contributed by atoms with E-state index in [1.54, 1.807) is 6.92 Å². The van der Waals surface area contributed by atoms with Crippen molar-refractivity contribution in [2.24, 2.45) is 5.73 Å². The highest BCUT2D eigenvalue weighted by molar-refractivity contribution is 5.95. The largest absolute Gasteiger partial charge is 0.416 e. The molecule has 0 saturated heterocycles. The fourth-order valence-electron chi connectivity index (χ4n) is 2.56. The molecule has 0 aliphatic rings. The Morgan fingerprint density at radius 1 is 1.27 bits per heavy atom. The lowest BCUT2D eigenvalue weighted by Gasteiger charge is -2.26. The van der Waals surface area contributed by atoms with Gasteiger partial charge in [0.15, 0.2) is 0 Å². The van der Waals surface area contributed by atoms with Crippen molar-refractivity contribution < 1.29 is 18.0 Å². The van der Waals surface area contributed by atoms with Crippen molar-refractivity contribution in [2.45, 2.75) is 45.3 Å². The SMILES string of the molecule is CCC(N)(CC)CNC(=O)c1cnn(-c2cccc(C(F)(F)F)c2)c1C. The number of aromatic nitrogens is 2. The molecule has 5 nitrogen and oxygen atoms in total. The van der Waals surface area contributed by atoms with Gasteiger partial charge in [-0.3, -0.25) is 4.79 Å². The lowest BCUT2D eigenvalue weighted by atomic mass is 9.94. The van der Waals surface area contributed by atoms with Gasteiger partial charge in [0.1, 0.15) is 0 Å². The number of carbonyl (C=O) groups is 1. The van der Waals surface area contributed by atoms with Gasteiger partial charge in [0.05, 0.1) is 28.7 Å². The third kappa shape index (κ3) is 4.24. The molecule has 26 heavy (non-hydrogen) atoms. The highest BCUT2D eigenvalue weighted by Gasteiger charge is 2.31. The van der Waals surface area contributed by atoms with E-state index >= 15 is 0 Å². The molecule has 1 heterocycles. The Morgan fingerprint density at radius 3 is 2.50 bits per heavy atom. The van der Waals surface area contributed by atoms with Crippen molar-refractivity contribution in [3.8, 4) is 5.69 Å². The van der Waals surface area contributed by atoms with Crippen LogP contribution in [0.3, 0.4) is 0 Å². The number of rotatable bonds is 6. The fraction of sp³-hybridized carbons (Fsp3) is 0.444. The molecule has 0 fully saturated rings. The van der Waals surface area contributed by atoms with Gasteiger partial charge in [-0.2, -0.15) is 18.3 Å². The molecule has 0 radical (unpaired) electrons. The van der Waals surface area contributed by atoms with Crippen LogP contribution in [-0.4, -0.2) is 27.8 Å². The fourth-order valence-corrected chi connectivity index (χ4v) is 2.56. The van der Waals surface area contributed by atoms with Crippen LogP contribution in [0.2, 0.25) is 0 Å². The predicted octanol–water partition coefficient (Wildman–Crippen LogP) is 3.45. The van der Waals surface area contributed by atoms with Crippen LogP contribution in [0.1, 0.15) is 48.3 Å². The van der Waals surface area contributed by atoms with Crippen molar-refractivity contribution in [2.75, 3.05) is 6.54 Å². The minimum Gasteiger partial charge on any atom is -0.350 e. The molecule has 8 heteroatoms. The zero-order chi connectivity index (χ0) is 19.5. The number of alkyl halides is 3. The first-order valence-electron chi connectivity index (χ1n) is 8.40. The van der Waals surface area contributed by atoms with Crippen LogP contribution in [0.25, 0.3) is 5.69 Å². The molecule has 2 rings (SSSR count). The van der Waals surface area contributed by atoms with Crippen LogP contribution in [0.15, 0.2) is 30.5 Å². The van der Waals surface area contributed by atoms with Gasteiger partial charge in [0.25, 0.3) is 5.91 Å². The molecule has 142 valence electrons. The van der Waals surface area contributed by atoms with Crippen molar-refractivity contribution in [3.05, 3.63) is 47.3 Å². The van der Waals surface area contributed by atoms with Crippen LogP contribution in [0, 0.1) is 6.92 Å². The summed E-state index contributed by atoms with van der Waals surface area (Å²) in [6.07, 6.45) is -1.67. The molecule has 3 N–H and O–H groups in total. The van der Waals surface area contributed by atoms with Gasteiger partial charge in [-0.25, -0.2) is 4.68 Å². The second kappa shape index (κ2) is 7.49. The molecular formula is C18H23F3N4O. The molecular weight excluding hydrogens is 345 g/mol. The summed E-state index contributed by atoms with van der Waals surface area (Å²) in [5.74, 6) is -0.350. The number of amides is 1. The topological polar surface area (TPSA) is 72.9 Å². The van der Waals surface area contributed by atoms with Crippen molar-refractivity contribution in [3.63, 3.8) is 0 Å². The maximum atomic E-state index is 12.9. The monoisotopic (exact) mass is 368 g/mol. The second-order valence-electron chi connectivity index (χ2n) is 6.36. The number of nitrogens with one attached hydrogen (secondary N) is 1. The summed E-state index contributed by atoms with van der Waals surface area (Å²) < 4.78 is 40.0. The van der Waals surface area contributed by atoms with Crippen LogP contribution in [0.4, 0.5) is 13.2 Å². The molecule has 1 amide bonds. The average molecular weight is 368 g/mol. The lowest BCUT2D eigenvalue weighted by Crippen LogP contribution is -2.49. The zero-order valence-electron chi connectivity index (χ0n) is 15.0. The summed E-state index contributed by atoms with van der Waals surface area (Å²) in [4.78, 5) is 12.4. The van der Waals surface area contributed by atoms with E-state index in [-0.39, 0.29) is 11.6 Å². The first-order chi connectivity index (χ1) is 12.1. The molecule has 0 unspecified atom stereocenters. The molecule has 0 spiro atoms. The standard InChI is InChI=1S/C18H23F3N4O/c1-4-17(22,5-2)11-23-16(26)15-10-24-25(12(15)3)14-8-6-7-13(9-14)18(19,20)21/h6-10H,4-5,11,22H2,1-3H3,(H,23,26). The number of nitrogens with zero attached hydrogens (tertiary/aromatic N) is 2. The molecule has 0 bridgehead atoms. The Hall–Kier alpha value is -2.35. The summed E-state index contributed by atoms with van der Waals surface area (Å²) in [5.41, 5.74) is 5.92. The summed E-state index contributed by atoms with van der Waals surface area (Å²) in [7, 11) is 0. The van der Waals surface area contributed by atoms with Gasteiger partial charge >= 0.3 is 6.18 Å². The normalized spacial score (nSPS) is 12.3. The number of halogens is 3. The second-order valence-corrected chi connectivity index (χ2v) is 6.36. The van der Waals surface area contributed by atoms with E-state index in [4.69, 9.17) is 5.73 Å². The van der Waals surface area contributed by atoms with E-state index in [0.717, 1.165) is 12.1 Å². The van der Waals surface area contributed by atoms with Crippen LogP contribution < -0.4 is 11.1 Å². The Bertz CT molecular complexity index is 779. The molecule has 0 aliphatic carbocycles. The molecule has 0 aliphatic heterocycles. The van der Waals surface area contributed by atoms with Crippen LogP contribution in [-0.2, 0) is 6.18 Å².